The van der Waals surface area contributed by atoms with Gasteiger partial charge in [0.15, 0.2) is 5.69 Å². The third kappa shape index (κ3) is 3.74. The van der Waals surface area contributed by atoms with Crippen molar-refractivity contribution in [2.75, 3.05) is 25.4 Å². The standard InChI is InChI=1S/C14H23N5O2/c1-3-19-9-12(15)13(17-19)14(21)18-6-4-11(5-7-18)8-16-10(2)20/h9,11H,3-8,15H2,1-2H3,(H,16,20). The maximum atomic E-state index is 12.4. The van der Waals surface area contributed by atoms with Crippen molar-refractivity contribution >= 4 is 17.5 Å². The molecule has 3 N–H and O–H groups in total. The molecule has 0 aliphatic carbocycles. The number of carbonyl (C=O) groups excluding carboxylic acids is 2. The van der Waals surface area contributed by atoms with Gasteiger partial charge in [0.25, 0.3) is 5.91 Å². The summed E-state index contributed by atoms with van der Waals surface area (Å²) >= 11 is 0. The smallest absolute Gasteiger partial charge is 0.276 e. The van der Waals surface area contributed by atoms with Gasteiger partial charge in [-0.3, -0.25) is 14.3 Å². The molecule has 2 amide bonds. The molecular formula is C14H23N5O2. The number of hydrogen-bond donors (Lipinski definition) is 2. The van der Waals surface area contributed by atoms with Crippen molar-refractivity contribution in [3.05, 3.63) is 11.9 Å². The topological polar surface area (TPSA) is 93.2 Å². The first kappa shape index (κ1) is 15.3. The lowest BCUT2D eigenvalue weighted by atomic mass is 9.96. The summed E-state index contributed by atoms with van der Waals surface area (Å²) in [6.07, 6.45) is 3.47. The summed E-state index contributed by atoms with van der Waals surface area (Å²) < 4.78 is 1.67. The Labute approximate surface area is 124 Å². The molecule has 1 aliphatic rings. The number of nitrogen functional groups attached to an aromatic ring is 1. The molecule has 0 aromatic carbocycles. The van der Waals surface area contributed by atoms with E-state index in [0.717, 1.165) is 12.8 Å². The summed E-state index contributed by atoms with van der Waals surface area (Å²) in [7, 11) is 0. The number of amides is 2. The average Bonchev–Trinajstić information content (AvgIpc) is 2.86. The number of hydrogen-bond acceptors (Lipinski definition) is 4. The van der Waals surface area contributed by atoms with Gasteiger partial charge in [-0.2, -0.15) is 5.10 Å². The van der Waals surface area contributed by atoms with Gasteiger partial charge in [-0.1, -0.05) is 0 Å². The normalized spacial score (nSPS) is 16.0. The number of aromatic nitrogens is 2. The Balaban J connectivity index is 1.90. The van der Waals surface area contributed by atoms with Crippen LogP contribution in [0.3, 0.4) is 0 Å². The number of aryl methyl sites for hydroxylation is 1. The number of nitrogens with one attached hydrogen (secondary N) is 1. The van der Waals surface area contributed by atoms with Crippen molar-refractivity contribution in [3.63, 3.8) is 0 Å². The summed E-state index contributed by atoms with van der Waals surface area (Å²) in [5.41, 5.74) is 6.63. The summed E-state index contributed by atoms with van der Waals surface area (Å²) in [6.45, 7) is 6.21. The van der Waals surface area contributed by atoms with Crippen molar-refractivity contribution in [2.24, 2.45) is 5.92 Å². The number of nitrogens with zero attached hydrogens (tertiary/aromatic N) is 3. The highest BCUT2D eigenvalue weighted by Gasteiger charge is 2.26. The van der Waals surface area contributed by atoms with E-state index in [-0.39, 0.29) is 11.8 Å². The van der Waals surface area contributed by atoms with Crippen LogP contribution in [0.2, 0.25) is 0 Å². The van der Waals surface area contributed by atoms with Crippen molar-refractivity contribution in [3.8, 4) is 0 Å². The van der Waals surface area contributed by atoms with Gasteiger partial charge in [-0.25, -0.2) is 0 Å². The Bertz CT molecular complexity index is 517. The minimum absolute atomic E-state index is 0.00798. The van der Waals surface area contributed by atoms with Gasteiger partial charge in [0.1, 0.15) is 0 Å². The number of piperidine rings is 1. The molecule has 0 saturated carbocycles. The Morgan fingerprint density at radius 1 is 1.43 bits per heavy atom. The molecule has 0 spiro atoms. The van der Waals surface area contributed by atoms with E-state index in [4.69, 9.17) is 5.73 Å². The Morgan fingerprint density at radius 2 is 2.10 bits per heavy atom. The maximum absolute atomic E-state index is 12.4. The van der Waals surface area contributed by atoms with E-state index in [2.05, 4.69) is 10.4 Å². The molecule has 0 unspecified atom stereocenters. The molecule has 2 rings (SSSR count). The lowest BCUT2D eigenvalue weighted by Crippen LogP contribution is -2.41. The van der Waals surface area contributed by atoms with E-state index in [1.54, 1.807) is 15.8 Å². The minimum Gasteiger partial charge on any atom is -0.396 e. The molecule has 1 fully saturated rings. The second kappa shape index (κ2) is 6.60. The van der Waals surface area contributed by atoms with Crippen molar-refractivity contribution in [1.82, 2.24) is 20.0 Å². The van der Waals surface area contributed by atoms with Crippen LogP contribution in [0.4, 0.5) is 5.69 Å². The van der Waals surface area contributed by atoms with Crippen LogP contribution in [-0.4, -0.2) is 46.1 Å². The molecule has 1 aliphatic heterocycles. The molecule has 21 heavy (non-hydrogen) atoms. The van der Waals surface area contributed by atoms with E-state index >= 15 is 0 Å². The van der Waals surface area contributed by atoms with E-state index in [1.807, 2.05) is 6.92 Å². The van der Waals surface area contributed by atoms with Crippen molar-refractivity contribution in [2.45, 2.75) is 33.2 Å². The SMILES string of the molecule is CCn1cc(N)c(C(=O)N2CCC(CNC(C)=O)CC2)n1. The first-order valence-electron chi connectivity index (χ1n) is 7.38. The van der Waals surface area contributed by atoms with Gasteiger partial charge in [0.05, 0.1) is 5.69 Å². The molecule has 0 bridgehead atoms. The van der Waals surface area contributed by atoms with E-state index < -0.39 is 0 Å². The quantitative estimate of drug-likeness (QED) is 0.844. The largest absolute Gasteiger partial charge is 0.396 e. The predicted octanol–water partition coefficient (Wildman–Crippen LogP) is 0.473. The number of rotatable bonds is 4. The second-order valence-electron chi connectivity index (χ2n) is 5.46. The van der Waals surface area contributed by atoms with Crippen LogP contribution in [0.15, 0.2) is 6.20 Å². The highest BCUT2D eigenvalue weighted by molar-refractivity contribution is 5.97. The molecule has 2 heterocycles. The predicted molar refractivity (Wildman–Crippen MR) is 79.6 cm³/mol. The van der Waals surface area contributed by atoms with Gasteiger partial charge in [-0.15, -0.1) is 0 Å². The number of carbonyl (C=O) groups is 2. The van der Waals surface area contributed by atoms with Crippen LogP contribution >= 0.6 is 0 Å². The maximum Gasteiger partial charge on any atom is 0.276 e. The van der Waals surface area contributed by atoms with Crippen LogP contribution in [0.25, 0.3) is 0 Å². The minimum atomic E-state index is -0.0994. The fourth-order valence-corrected chi connectivity index (χ4v) is 2.54. The molecule has 7 nitrogen and oxygen atoms in total. The molecule has 0 atom stereocenters. The first-order valence-corrected chi connectivity index (χ1v) is 7.38. The monoisotopic (exact) mass is 293 g/mol. The third-order valence-corrected chi connectivity index (χ3v) is 3.86. The summed E-state index contributed by atoms with van der Waals surface area (Å²) in [5, 5.41) is 7.06. The molecule has 116 valence electrons. The van der Waals surface area contributed by atoms with Gasteiger partial charge in [0.2, 0.25) is 5.91 Å². The number of nitrogens with two attached hydrogens (primary N) is 1. The highest BCUT2D eigenvalue weighted by Crippen LogP contribution is 2.20. The van der Waals surface area contributed by atoms with Crippen LogP contribution < -0.4 is 11.1 Å². The molecule has 7 heteroatoms. The summed E-state index contributed by atoms with van der Waals surface area (Å²) in [4.78, 5) is 25.1. The second-order valence-corrected chi connectivity index (χ2v) is 5.46. The van der Waals surface area contributed by atoms with Crippen LogP contribution in [0.1, 0.15) is 37.2 Å². The van der Waals surface area contributed by atoms with Gasteiger partial charge < -0.3 is 16.0 Å². The fraction of sp³-hybridized carbons (Fsp3) is 0.643. The lowest BCUT2D eigenvalue weighted by Gasteiger charge is -2.31. The van der Waals surface area contributed by atoms with Gasteiger partial charge in [0, 0.05) is 39.3 Å². The average molecular weight is 293 g/mol. The molecular weight excluding hydrogens is 270 g/mol. The van der Waals surface area contributed by atoms with Crippen molar-refractivity contribution in [1.29, 1.82) is 0 Å². The highest BCUT2D eigenvalue weighted by atomic mass is 16.2. The number of likely N-dealkylation sites (tertiary alicyclic amines) is 1. The van der Waals surface area contributed by atoms with Crippen LogP contribution in [0, 0.1) is 5.92 Å². The fourth-order valence-electron chi connectivity index (χ4n) is 2.54. The van der Waals surface area contributed by atoms with Gasteiger partial charge >= 0.3 is 0 Å². The summed E-state index contributed by atoms with van der Waals surface area (Å²) in [6, 6.07) is 0. The first-order chi connectivity index (χ1) is 10.0. The van der Waals surface area contributed by atoms with E-state index in [0.29, 0.717) is 43.5 Å². The van der Waals surface area contributed by atoms with E-state index in [1.165, 1.54) is 6.92 Å². The zero-order chi connectivity index (χ0) is 15.4. The van der Waals surface area contributed by atoms with Crippen LogP contribution in [0.5, 0.6) is 0 Å². The molecule has 1 aromatic heterocycles. The third-order valence-electron chi connectivity index (χ3n) is 3.86. The Kier molecular flexibility index (Phi) is 4.82. The Morgan fingerprint density at radius 3 is 2.62 bits per heavy atom. The van der Waals surface area contributed by atoms with Crippen molar-refractivity contribution < 1.29 is 9.59 Å². The van der Waals surface area contributed by atoms with Crippen LogP contribution in [-0.2, 0) is 11.3 Å². The summed E-state index contributed by atoms with van der Waals surface area (Å²) in [5.74, 6) is 0.326. The zero-order valence-corrected chi connectivity index (χ0v) is 12.6. The lowest BCUT2D eigenvalue weighted by molar-refractivity contribution is -0.119. The van der Waals surface area contributed by atoms with Gasteiger partial charge in [-0.05, 0) is 25.7 Å². The molecule has 1 saturated heterocycles. The zero-order valence-electron chi connectivity index (χ0n) is 12.6. The molecule has 0 radical (unpaired) electrons. The Hall–Kier alpha value is -2.05. The molecule has 1 aromatic rings. The van der Waals surface area contributed by atoms with E-state index in [9.17, 15) is 9.59 Å². The number of anilines is 1.